The Kier molecular flexibility index (Phi) is 4.51. The lowest BCUT2D eigenvalue weighted by atomic mass is 10.2. The van der Waals surface area contributed by atoms with Crippen molar-refractivity contribution in [2.75, 3.05) is 6.54 Å². The van der Waals surface area contributed by atoms with Gasteiger partial charge in [-0.25, -0.2) is 4.98 Å². The Labute approximate surface area is 89.2 Å². The fourth-order valence-corrected chi connectivity index (χ4v) is 2.16. The number of nitrogens with zero attached hydrogens (tertiary/aromatic N) is 1. The molecule has 0 amide bonds. The van der Waals surface area contributed by atoms with Crippen LogP contribution in [0.15, 0.2) is 5.51 Å². The summed E-state index contributed by atoms with van der Waals surface area (Å²) in [6.45, 7) is 6.81. The molecule has 0 saturated heterocycles. The number of rotatable bonds is 5. The SMILES string of the molecule is Cc1ncsc1C(C)NCCC(C)O. The number of aromatic nitrogens is 1. The Balaban J connectivity index is 2.36. The van der Waals surface area contributed by atoms with Gasteiger partial charge in [0.05, 0.1) is 17.3 Å². The van der Waals surface area contributed by atoms with Crippen molar-refractivity contribution in [3.63, 3.8) is 0 Å². The Morgan fingerprint density at radius 3 is 2.79 bits per heavy atom. The normalized spacial score (nSPS) is 15.4. The summed E-state index contributed by atoms with van der Waals surface area (Å²) in [6, 6.07) is 0.334. The van der Waals surface area contributed by atoms with E-state index in [2.05, 4.69) is 17.2 Å². The van der Waals surface area contributed by atoms with Gasteiger partial charge in [-0.05, 0) is 33.7 Å². The van der Waals surface area contributed by atoms with Crippen molar-refractivity contribution in [1.82, 2.24) is 10.3 Å². The zero-order chi connectivity index (χ0) is 10.6. The molecule has 1 aromatic rings. The van der Waals surface area contributed by atoms with Gasteiger partial charge in [-0.2, -0.15) is 0 Å². The molecule has 4 heteroatoms. The Morgan fingerprint density at radius 2 is 2.29 bits per heavy atom. The summed E-state index contributed by atoms with van der Waals surface area (Å²) in [7, 11) is 0. The molecule has 0 radical (unpaired) electrons. The molecular weight excluding hydrogens is 196 g/mol. The lowest BCUT2D eigenvalue weighted by Crippen LogP contribution is -2.22. The second-order valence-corrected chi connectivity index (χ2v) is 4.50. The number of thiazole rings is 1. The largest absolute Gasteiger partial charge is 0.393 e. The number of aliphatic hydroxyl groups is 1. The molecule has 0 spiro atoms. The summed E-state index contributed by atoms with van der Waals surface area (Å²) < 4.78 is 0. The number of aryl methyl sites for hydroxylation is 1. The second kappa shape index (κ2) is 5.44. The van der Waals surface area contributed by atoms with Crippen LogP contribution in [0.3, 0.4) is 0 Å². The minimum Gasteiger partial charge on any atom is -0.393 e. The molecule has 1 rings (SSSR count). The highest BCUT2D eigenvalue weighted by Gasteiger charge is 2.09. The van der Waals surface area contributed by atoms with Crippen molar-refractivity contribution in [2.45, 2.75) is 39.3 Å². The zero-order valence-electron chi connectivity index (χ0n) is 8.95. The van der Waals surface area contributed by atoms with Crippen molar-refractivity contribution in [2.24, 2.45) is 0 Å². The fraction of sp³-hybridized carbons (Fsp3) is 0.700. The van der Waals surface area contributed by atoms with Gasteiger partial charge in [-0.1, -0.05) is 0 Å². The third-order valence-corrected chi connectivity index (χ3v) is 3.30. The quantitative estimate of drug-likeness (QED) is 0.786. The van der Waals surface area contributed by atoms with Gasteiger partial charge in [-0.3, -0.25) is 0 Å². The van der Waals surface area contributed by atoms with Crippen LogP contribution in [-0.4, -0.2) is 22.7 Å². The smallest absolute Gasteiger partial charge is 0.0798 e. The van der Waals surface area contributed by atoms with E-state index in [1.807, 2.05) is 19.4 Å². The van der Waals surface area contributed by atoms with Crippen LogP contribution in [0.5, 0.6) is 0 Å². The molecule has 80 valence electrons. The van der Waals surface area contributed by atoms with E-state index >= 15 is 0 Å². The highest BCUT2D eigenvalue weighted by Crippen LogP contribution is 2.20. The van der Waals surface area contributed by atoms with Gasteiger partial charge >= 0.3 is 0 Å². The number of hydrogen-bond acceptors (Lipinski definition) is 4. The molecule has 0 fully saturated rings. The standard InChI is InChI=1S/C10H18N2OS/c1-7(13)4-5-11-8(2)10-9(3)12-6-14-10/h6-8,11,13H,4-5H2,1-3H3. The number of aliphatic hydroxyl groups excluding tert-OH is 1. The van der Waals surface area contributed by atoms with Crippen molar-refractivity contribution in [3.8, 4) is 0 Å². The van der Waals surface area contributed by atoms with Gasteiger partial charge < -0.3 is 10.4 Å². The Morgan fingerprint density at radius 1 is 1.57 bits per heavy atom. The minimum atomic E-state index is -0.225. The summed E-state index contributed by atoms with van der Waals surface area (Å²) in [5, 5.41) is 12.5. The van der Waals surface area contributed by atoms with Crippen LogP contribution in [0.25, 0.3) is 0 Å². The van der Waals surface area contributed by atoms with Crippen LogP contribution < -0.4 is 5.32 Å². The van der Waals surface area contributed by atoms with Gasteiger partial charge in [-0.15, -0.1) is 11.3 Å². The lowest BCUT2D eigenvalue weighted by molar-refractivity contribution is 0.182. The molecule has 0 aliphatic carbocycles. The van der Waals surface area contributed by atoms with Crippen LogP contribution >= 0.6 is 11.3 Å². The molecule has 2 atom stereocenters. The fourth-order valence-electron chi connectivity index (χ4n) is 1.33. The van der Waals surface area contributed by atoms with E-state index in [9.17, 15) is 0 Å². The van der Waals surface area contributed by atoms with Gasteiger partial charge in [0.2, 0.25) is 0 Å². The van der Waals surface area contributed by atoms with Crippen molar-refractivity contribution >= 4 is 11.3 Å². The molecule has 0 aliphatic rings. The van der Waals surface area contributed by atoms with Crippen molar-refractivity contribution in [3.05, 3.63) is 16.1 Å². The molecule has 0 aromatic carbocycles. The van der Waals surface area contributed by atoms with Gasteiger partial charge in [0.25, 0.3) is 0 Å². The Bertz CT molecular complexity index is 273. The van der Waals surface area contributed by atoms with Crippen molar-refractivity contribution < 1.29 is 5.11 Å². The van der Waals surface area contributed by atoms with Crippen molar-refractivity contribution in [1.29, 1.82) is 0 Å². The highest BCUT2D eigenvalue weighted by molar-refractivity contribution is 7.09. The third-order valence-electron chi connectivity index (χ3n) is 2.19. The predicted molar refractivity (Wildman–Crippen MR) is 59.6 cm³/mol. The van der Waals surface area contributed by atoms with E-state index in [0.29, 0.717) is 6.04 Å². The van der Waals surface area contributed by atoms with Crippen LogP contribution in [0, 0.1) is 6.92 Å². The number of nitrogens with one attached hydrogen (secondary N) is 1. The predicted octanol–water partition coefficient (Wildman–Crippen LogP) is 1.87. The first-order valence-corrected chi connectivity index (χ1v) is 5.80. The van der Waals surface area contributed by atoms with E-state index in [4.69, 9.17) is 5.11 Å². The summed E-state index contributed by atoms with van der Waals surface area (Å²) in [5.41, 5.74) is 2.98. The highest BCUT2D eigenvalue weighted by atomic mass is 32.1. The number of hydrogen-bond donors (Lipinski definition) is 2. The molecule has 2 N–H and O–H groups in total. The molecule has 1 heterocycles. The van der Waals surface area contributed by atoms with Crippen LogP contribution in [0.1, 0.15) is 36.9 Å². The Hall–Kier alpha value is -0.450. The maximum atomic E-state index is 9.10. The van der Waals surface area contributed by atoms with E-state index in [0.717, 1.165) is 18.7 Å². The summed E-state index contributed by atoms with van der Waals surface area (Å²) in [4.78, 5) is 5.50. The van der Waals surface area contributed by atoms with E-state index in [1.165, 1.54) is 4.88 Å². The molecule has 0 aliphatic heterocycles. The molecule has 2 unspecified atom stereocenters. The maximum Gasteiger partial charge on any atom is 0.0798 e. The van der Waals surface area contributed by atoms with E-state index in [1.54, 1.807) is 11.3 Å². The molecule has 0 bridgehead atoms. The molecule has 14 heavy (non-hydrogen) atoms. The van der Waals surface area contributed by atoms with Crippen LogP contribution in [0.2, 0.25) is 0 Å². The summed E-state index contributed by atoms with van der Waals surface area (Å²) in [6.07, 6.45) is 0.569. The first-order valence-electron chi connectivity index (χ1n) is 4.92. The lowest BCUT2D eigenvalue weighted by Gasteiger charge is -2.13. The van der Waals surface area contributed by atoms with Gasteiger partial charge in [0.15, 0.2) is 0 Å². The van der Waals surface area contributed by atoms with Crippen LogP contribution in [-0.2, 0) is 0 Å². The topological polar surface area (TPSA) is 45.2 Å². The first-order chi connectivity index (χ1) is 6.61. The minimum absolute atomic E-state index is 0.225. The van der Waals surface area contributed by atoms with E-state index < -0.39 is 0 Å². The molecule has 1 aromatic heterocycles. The monoisotopic (exact) mass is 214 g/mol. The summed E-state index contributed by atoms with van der Waals surface area (Å²) >= 11 is 1.68. The molecule has 0 saturated carbocycles. The van der Waals surface area contributed by atoms with Crippen LogP contribution in [0.4, 0.5) is 0 Å². The average molecular weight is 214 g/mol. The average Bonchev–Trinajstić information content (AvgIpc) is 2.50. The molecule has 3 nitrogen and oxygen atoms in total. The zero-order valence-corrected chi connectivity index (χ0v) is 9.77. The third kappa shape index (κ3) is 3.36. The maximum absolute atomic E-state index is 9.10. The van der Waals surface area contributed by atoms with Gasteiger partial charge in [0.1, 0.15) is 0 Å². The second-order valence-electron chi connectivity index (χ2n) is 3.62. The van der Waals surface area contributed by atoms with Gasteiger partial charge in [0, 0.05) is 10.9 Å². The summed E-state index contributed by atoms with van der Waals surface area (Å²) in [5.74, 6) is 0. The first kappa shape index (κ1) is 11.6. The van der Waals surface area contributed by atoms with E-state index in [-0.39, 0.29) is 6.10 Å². The molecular formula is C10H18N2OS.